The molecule has 4 atom stereocenters. The highest BCUT2D eigenvalue weighted by atomic mass is 35.5. The third kappa shape index (κ3) is 3.49. The van der Waals surface area contributed by atoms with Crippen LogP contribution in [0.5, 0.6) is 5.75 Å². The summed E-state index contributed by atoms with van der Waals surface area (Å²) in [5, 5.41) is 12.3. The first-order chi connectivity index (χ1) is 14.1. The molecular formula is C23H23ClN2O3. The second-order valence-corrected chi connectivity index (χ2v) is 8.57. The van der Waals surface area contributed by atoms with E-state index in [2.05, 4.69) is 4.98 Å². The molecule has 0 unspecified atom stereocenters. The standard InChI is InChI=1S/C23H23ClN2O3/c24-17-4-2-5-18(11-17)29-21-10-16-13-26(12-15(16)9-20(21)27)23(28)19-6-1-3-14-7-8-25-22(14)19/h1-8,11,15-16,20-21,25,27H,9-10,12-13H2/t15-,16+,20+,21+/m0/s1. The molecule has 1 saturated carbocycles. The predicted octanol–water partition coefficient (Wildman–Crippen LogP) is 4.11. The largest absolute Gasteiger partial charge is 0.488 e. The fraction of sp³-hybridized carbons (Fsp3) is 0.348. The van der Waals surface area contributed by atoms with Gasteiger partial charge in [-0.25, -0.2) is 0 Å². The molecule has 2 aromatic carbocycles. The number of H-pyrrole nitrogens is 1. The number of aliphatic hydroxyl groups is 1. The molecule has 3 aromatic rings. The number of halogens is 1. The summed E-state index contributed by atoms with van der Waals surface area (Å²) in [7, 11) is 0. The molecule has 6 heteroatoms. The number of carbonyl (C=O) groups is 1. The minimum absolute atomic E-state index is 0.0502. The number of hydrogen-bond acceptors (Lipinski definition) is 3. The van der Waals surface area contributed by atoms with E-state index in [9.17, 15) is 9.90 Å². The average molecular weight is 411 g/mol. The van der Waals surface area contributed by atoms with Crippen LogP contribution in [0.4, 0.5) is 0 Å². The zero-order chi connectivity index (χ0) is 20.0. The minimum atomic E-state index is -0.544. The zero-order valence-electron chi connectivity index (χ0n) is 15.9. The van der Waals surface area contributed by atoms with Gasteiger partial charge in [0.05, 0.1) is 17.2 Å². The van der Waals surface area contributed by atoms with Crippen LogP contribution < -0.4 is 4.74 Å². The van der Waals surface area contributed by atoms with Crippen LogP contribution in [0.15, 0.2) is 54.7 Å². The van der Waals surface area contributed by atoms with E-state index < -0.39 is 6.10 Å². The second kappa shape index (κ2) is 7.39. The van der Waals surface area contributed by atoms with E-state index in [4.69, 9.17) is 16.3 Å². The van der Waals surface area contributed by atoms with Gasteiger partial charge in [-0.1, -0.05) is 29.8 Å². The van der Waals surface area contributed by atoms with Gasteiger partial charge in [-0.2, -0.15) is 0 Å². The van der Waals surface area contributed by atoms with Crippen LogP contribution in [-0.2, 0) is 0 Å². The Labute approximate surface area is 174 Å². The van der Waals surface area contributed by atoms with Gasteiger partial charge in [-0.3, -0.25) is 4.79 Å². The third-order valence-electron chi connectivity index (χ3n) is 6.27. The van der Waals surface area contributed by atoms with Crippen LogP contribution in [0.25, 0.3) is 10.9 Å². The number of rotatable bonds is 3. The predicted molar refractivity (Wildman–Crippen MR) is 112 cm³/mol. The quantitative estimate of drug-likeness (QED) is 0.682. The monoisotopic (exact) mass is 410 g/mol. The number of carbonyl (C=O) groups excluding carboxylic acids is 1. The number of fused-ring (bicyclic) bond motifs is 2. The number of nitrogens with one attached hydrogen (secondary N) is 1. The van der Waals surface area contributed by atoms with Gasteiger partial charge in [0.1, 0.15) is 11.9 Å². The van der Waals surface area contributed by atoms with Gasteiger partial charge < -0.3 is 19.7 Å². The summed E-state index contributed by atoms with van der Waals surface area (Å²) < 4.78 is 6.04. The van der Waals surface area contributed by atoms with Gasteiger partial charge >= 0.3 is 0 Å². The first kappa shape index (κ1) is 18.5. The number of ether oxygens (including phenoxy) is 1. The molecule has 5 nitrogen and oxygen atoms in total. The van der Waals surface area contributed by atoms with Crippen LogP contribution in [0, 0.1) is 11.8 Å². The second-order valence-electron chi connectivity index (χ2n) is 8.13. The number of aromatic nitrogens is 1. The van der Waals surface area contributed by atoms with Crippen molar-refractivity contribution in [2.75, 3.05) is 13.1 Å². The fourth-order valence-corrected chi connectivity index (χ4v) is 5.01. The maximum Gasteiger partial charge on any atom is 0.256 e. The molecule has 1 amide bonds. The highest BCUT2D eigenvalue weighted by molar-refractivity contribution is 6.30. The molecule has 1 aliphatic carbocycles. The van der Waals surface area contributed by atoms with Gasteiger partial charge in [-0.15, -0.1) is 0 Å². The van der Waals surface area contributed by atoms with Crippen molar-refractivity contribution in [3.63, 3.8) is 0 Å². The number of amides is 1. The SMILES string of the molecule is O=C(c1cccc2cc[nH]c12)N1C[C@H]2C[C@@H](Oc3cccc(Cl)c3)[C@H](O)C[C@H]2C1. The van der Waals surface area contributed by atoms with Gasteiger partial charge in [0, 0.05) is 29.7 Å². The fourth-order valence-electron chi connectivity index (χ4n) is 4.83. The third-order valence-corrected chi connectivity index (χ3v) is 6.51. The average Bonchev–Trinajstić information content (AvgIpc) is 3.34. The minimum Gasteiger partial charge on any atom is -0.488 e. The van der Waals surface area contributed by atoms with E-state index in [-0.39, 0.29) is 12.0 Å². The molecule has 0 spiro atoms. The summed E-state index contributed by atoms with van der Waals surface area (Å²) in [5.74, 6) is 1.35. The van der Waals surface area contributed by atoms with Gasteiger partial charge in [-0.05, 0) is 55.0 Å². The van der Waals surface area contributed by atoms with Crippen molar-refractivity contribution in [1.82, 2.24) is 9.88 Å². The smallest absolute Gasteiger partial charge is 0.256 e. The van der Waals surface area contributed by atoms with Crippen molar-refractivity contribution in [3.8, 4) is 5.75 Å². The Morgan fingerprint density at radius 3 is 2.72 bits per heavy atom. The van der Waals surface area contributed by atoms with Gasteiger partial charge in [0.25, 0.3) is 5.91 Å². The summed E-state index contributed by atoms with van der Waals surface area (Å²) in [6.45, 7) is 1.38. The highest BCUT2D eigenvalue weighted by Crippen LogP contribution is 2.39. The Morgan fingerprint density at radius 2 is 1.90 bits per heavy atom. The highest BCUT2D eigenvalue weighted by Gasteiger charge is 2.44. The lowest BCUT2D eigenvalue weighted by atomic mass is 9.78. The summed E-state index contributed by atoms with van der Waals surface area (Å²) in [6.07, 6.45) is 2.41. The van der Waals surface area contributed by atoms with Crippen LogP contribution in [0.3, 0.4) is 0 Å². The molecule has 1 aromatic heterocycles. The Kier molecular flexibility index (Phi) is 4.72. The lowest BCUT2D eigenvalue weighted by molar-refractivity contribution is -0.0231. The van der Waals surface area contributed by atoms with E-state index in [0.29, 0.717) is 47.7 Å². The van der Waals surface area contributed by atoms with Crippen LogP contribution >= 0.6 is 11.6 Å². The molecule has 2 fully saturated rings. The van der Waals surface area contributed by atoms with Gasteiger partial charge in [0.2, 0.25) is 0 Å². The molecule has 0 bridgehead atoms. The van der Waals surface area contributed by atoms with Crippen molar-refractivity contribution < 1.29 is 14.6 Å². The number of aliphatic hydroxyl groups excluding tert-OH is 1. The number of nitrogens with zero attached hydrogens (tertiary/aromatic N) is 1. The van der Waals surface area contributed by atoms with Crippen LogP contribution in [0.1, 0.15) is 23.2 Å². The molecule has 150 valence electrons. The van der Waals surface area contributed by atoms with Crippen molar-refractivity contribution in [3.05, 3.63) is 65.3 Å². The van der Waals surface area contributed by atoms with Crippen molar-refractivity contribution >= 4 is 28.4 Å². The van der Waals surface area contributed by atoms with E-state index >= 15 is 0 Å². The normalized spacial score (nSPS) is 26.5. The van der Waals surface area contributed by atoms with Crippen molar-refractivity contribution in [1.29, 1.82) is 0 Å². The van der Waals surface area contributed by atoms with E-state index in [1.165, 1.54) is 0 Å². The topological polar surface area (TPSA) is 65.6 Å². The molecule has 2 N–H and O–H groups in total. The first-order valence-corrected chi connectivity index (χ1v) is 10.4. The van der Waals surface area contributed by atoms with Crippen molar-refractivity contribution in [2.45, 2.75) is 25.0 Å². The molecule has 0 radical (unpaired) electrons. The molecule has 2 aliphatic rings. The lowest BCUT2D eigenvalue weighted by Gasteiger charge is -2.35. The molecule has 5 rings (SSSR count). The molecule has 1 aliphatic heterocycles. The number of benzene rings is 2. The summed E-state index contributed by atoms with van der Waals surface area (Å²) in [6, 6.07) is 15.0. The molecule has 2 heterocycles. The van der Waals surface area contributed by atoms with Gasteiger partial charge in [0.15, 0.2) is 0 Å². The Balaban J connectivity index is 1.30. The lowest BCUT2D eigenvalue weighted by Crippen LogP contribution is -2.42. The van der Waals surface area contributed by atoms with Crippen LogP contribution in [-0.4, -0.2) is 46.2 Å². The number of para-hydroxylation sites is 1. The molecule has 1 saturated heterocycles. The number of aromatic amines is 1. The Morgan fingerprint density at radius 1 is 1.10 bits per heavy atom. The van der Waals surface area contributed by atoms with E-state index in [1.54, 1.807) is 12.1 Å². The number of likely N-dealkylation sites (tertiary alicyclic amines) is 1. The summed E-state index contributed by atoms with van der Waals surface area (Å²) in [4.78, 5) is 18.3. The zero-order valence-corrected chi connectivity index (χ0v) is 16.7. The molecular weight excluding hydrogens is 388 g/mol. The summed E-state index contributed by atoms with van der Waals surface area (Å²) >= 11 is 6.04. The van der Waals surface area contributed by atoms with Crippen LogP contribution in [0.2, 0.25) is 5.02 Å². The summed E-state index contributed by atoms with van der Waals surface area (Å²) in [5.41, 5.74) is 1.59. The van der Waals surface area contributed by atoms with Crippen molar-refractivity contribution in [2.24, 2.45) is 11.8 Å². The van der Waals surface area contributed by atoms with E-state index in [0.717, 1.165) is 17.3 Å². The van der Waals surface area contributed by atoms with E-state index in [1.807, 2.05) is 47.5 Å². The maximum atomic E-state index is 13.2. The molecule has 29 heavy (non-hydrogen) atoms. The Bertz CT molecular complexity index is 1050. The number of hydrogen-bond donors (Lipinski definition) is 2. The maximum absolute atomic E-state index is 13.2. The Hall–Kier alpha value is -2.50. The first-order valence-electron chi connectivity index (χ1n) is 10.0.